The Bertz CT molecular complexity index is 551. The highest BCUT2D eigenvalue weighted by molar-refractivity contribution is 5.86. The molecular weight excluding hydrogens is 290 g/mol. The molecule has 2 N–H and O–H groups in total. The molecule has 0 aliphatic carbocycles. The van der Waals surface area contributed by atoms with Gasteiger partial charge in [-0.25, -0.2) is 8.78 Å². The van der Waals surface area contributed by atoms with Gasteiger partial charge in [0.05, 0.1) is 0 Å². The van der Waals surface area contributed by atoms with Gasteiger partial charge in [0.25, 0.3) is 5.91 Å². The molecule has 1 aromatic carbocycles. The van der Waals surface area contributed by atoms with Gasteiger partial charge in [0.1, 0.15) is 0 Å². The van der Waals surface area contributed by atoms with Crippen LogP contribution in [-0.2, 0) is 11.3 Å². The molecule has 0 spiro atoms. The molecule has 1 saturated heterocycles. The van der Waals surface area contributed by atoms with Crippen LogP contribution in [0, 0.1) is 11.6 Å². The van der Waals surface area contributed by atoms with Crippen LogP contribution in [0.4, 0.5) is 8.78 Å². The normalized spacial score (nSPS) is 22.5. The van der Waals surface area contributed by atoms with Crippen molar-refractivity contribution in [2.24, 2.45) is 0 Å². The molecule has 1 atom stereocenters. The van der Waals surface area contributed by atoms with Crippen LogP contribution in [0.1, 0.15) is 32.3 Å². The number of aliphatic hydroxyl groups is 1. The van der Waals surface area contributed by atoms with E-state index >= 15 is 0 Å². The first-order valence-corrected chi connectivity index (χ1v) is 7.51. The summed E-state index contributed by atoms with van der Waals surface area (Å²) in [6, 6.07) is 3.75. The van der Waals surface area contributed by atoms with Gasteiger partial charge in [-0.15, -0.1) is 0 Å². The number of nitrogens with one attached hydrogen (secondary N) is 1. The summed E-state index contributed by atoms with van der Waals surface area (Å²) in [5.41, 5.74) is -0.922. The maximum atomic E-state index is 13.3. The maximum absolute atomic E-state index is 13.3. The second-order valence-corrected chi connectivity index (χ2v) is 6.15. The molecule has 22 heavy (non-hydrogen) atoms. The standard InChI is InChI=1S/C16H22F2N2O2/c1-11(2)19-10-16(22)6-3-7-20(15(16)21)9-12-4-5-13(17)14(18)8-12/h4-5,8,11,19,22H,3,6-7,9-10H2,1-2H3. The fraction of sp³-hybridized carbons (Fsp3) is 0.562. The van der Waals surface area contributed by atoms with Crippen molar-refractivity contribution in [3.63, 3.8) is 0 Å². The molecule has 0 saturated carbocycles. The van der Waals surface area contributed by atoms with Gasteiger partial charge in [-0.3, -0.25) is 4.79 Å². The molecule has 1 amide bonds. The van der Waals surface area contributed by atoms with Crippen molar-refractivity contribution in [1.82, 2.24) is 10.2 Å². The first kappa shape index (κ1) is 16.8. The minimum atomic E-state index is -1.43. The number of hydrogen-bond acceptors (Lipinski definition) is 3. The van der Waals surface area contributed by atoms with Crippen LogP contribution in [0.15, 0.2) is 18.2 Å². The summed E-state index contributed by atoms with van der Waals surface area (Å²) in [7, 11) is 0. The van der Waals surface area contributed by atoms with E-state index in [-0.39, 0.29) is 25.0 Å². The first-order valence-electron chi connectivity index (χ1n) is 7.51. The summed E-state index contributed by atoms with van der Waals surface area (Å²) in [6.07, 6.45) is 1.07. The monoisotopic (exact) mass is 312 g/mol. The van der Waals surface area contributed by atoms with E-state index < -0.39 is 17.2 Å². The van der Waals surface area contributed by atoms with E-state index in [4.69, 9.17) is 0 Å². The molecule has 1 fully saturated rings. The molecule has 1 aliphatic heterocycles. The van der Waals surface area contributed by atoms with Crippen LogP contribution >= 0.6 is 0 Å². The van der Waals surface area contributed by atoms with Crippen molar-refractivity contribution in [3.8, 4) is 0 Å². The van der Waals surface area contributed by atoms with Crippen molar-refractivity contribution < 1.29 is 18.7 Å². The predicted octanol–water partition coefficient (Wildman–Crippen LogP) is 1.82. The Kier molecular flexibility index (Phi) is 5.13. The smallest absolute Gasteiger partial charge is 0.256 e. The summed E-state index contributed by atoms with van der Waals surface area (Å²) < 4.78 is 26.2. The van der Waals surface area contributed by atoms with Gasteiger partial charge in [0.2, 0.25) is 0 Å². The number of hydrogen-bond donors (Lipinski definition) is 2. The third-order valence-corrected chi connectivity index (χ3v) is 3.86. The van der Waals surface area contributed by atoms with E-state index in [1.165, 1.54) is 11.0 Å². The number of benzene rings is 1. The number of piperidine rings is 1. The lowest BCUT2D eigenvalue weighted by Crippen LogP contribution is -2.58. The topological polar surface area (TPSA) is 52.6 Å². The average molecular weight is 312 g/mol. The van der Waals surface area contributed by atoms with Crippen molar-refractivity contribution in [2.75, 3.05) is 13.1 Å². The third-order valence-electron chi connectivity index (χ3n) is 3.86. The Morgan fingerprint density at radius 1 is 1.36 bits per heavy atom. The van der Waals surface area contributed by atoms with Crippen LogP contribution in [0.25, 0.3) is 0 Å². The number of rotatable bonds is 5. The summed E-state index contributed by atoms with van der Waals surface area (Å²) in [5, 5.41) is 13.6. The maximum Gasteiger partial charge on any atom is 0.256 e. The van der Waals surface area contributed by atoms with Crippen LogP contribution in [0.5, 0.6) is 0 Å². The minimum Gasteiger partial charge on any atom is -0.379 e. The fourth-order valence-electron chi connectivity index (χ4n) is 2.61. The molecule has 0 bridgehead atoms. The largest absolute Gasteiger partial charge is 0.379 e. The van der Waals surface area contributed by atoms with Crippen LogP contribution < -0.4 is 5.32 Å². The molecule has 4 nitrogen and oxygen atoms in total. The summed E-state index contributed by atoms with van der Waals surface area (Å²) in [4.78, 5) is 14.0. The Balaban J connectivity index is 2.07. The second kappa shape index (κ2) is 6.71. The van der Waals surface area contributed by atoms with Crippen LogP contribution in [0.3, 0.4) is 0 Å². The molecule has 1 unspecified atom stereocenters. The van der Waals surface area contributed by atoms with Gasteiger partial charge in [-0.1, -0.05) is 19.9 Å². The zero-order chi connectivity index (χ0) is 16.3. The third kappa shape index (κ3) is 3.81. The Labute approximate surface area is 129 Å². The zero-order valence-corrected chi connectivity index (χ0v) is 12.9. The van der Waals surface area contributed by atoms with E-state index in [2.05, 4.69) is 5.32 Å². The number of likely N-dealkylation sites (tertiary alicyclic amines) is 1. The molecular formula is C16H22F2N2O2. The highest BCUT2D eigenvalue weighted by Gasteiger charge is 2.41. The lowest BCUT2D eigenvalue weighted by molar-refractivity contribution is -0.157. The molecule has 1 aliphatic rings. The van der Waals surface area contributed by atoms with E-state index in [1.54, 1.807) is 0 Å². The summed E-state index contributed by atoms with van der Waals surface area (Å²) >= 11 is 0. The van der Waals surface area contributed by atoms with Crippen LogP contribution in [0.2, 0.25) is 0 Å². The Morgan fingerprint density at radius 2 is 2.09 bits per heavy atom. The van der Waals surface area contributed by atoms with Crippen molar-refractivity contribution >= 4 is 5.91 Å². The zero-order valence-electron chi connectivity index (χ0n) is 12.9. The average Bonchev–Trinajstić information content (AvgIpc) is 2.46. The molecule has 122 valence electrons. The predicted molar refractivity (Wildman–Crippen MR) is 79.1 cm³/mol. The molecule has 1 heterocycles. The first-order chi connectivity index (χ1) is 10.3. The van der Waals surface area contributed by atoms with Gasteiger partial charge in [-0.05, 0) is 30.5 Å². The van der Waals surface area contributed by atoms with Crippen molar-refractivity contribution in [3.05, 3.63) is 35.4 Å². The molecule has 6 heteroatoms. The van der Waals surface area contributed by atoms with E-state index in [0.29, 0.717) is 24.9 Å². The highest BCUT2D eigenvalue weighted by atomic mass is 19.2. The molecule has 0 aromatic heterocycles. The van der Waals surface area contributed by atoms with Gasteiger partial charge in [0.15, 0.2) is 17.2 Å². The van der Waals surface area contributed by atoms with Crippen LogP contribution in [-0.4, -0.2) is 40.6 Å². The number of halogens is 2. The van der Waals surface area contributed by atoms with E-state index in [9.17, 15) is 18.7 Å². The minimum absolute atomic E-state index is 0.165. The van der Waals surface area contributed by atoms with E-state index in [1.807, 2.05) is 13.8 Å². The van der Waals surface area contributed by atoms with Crippen molar-refractivity contribution in [2.45, 2.75) is 44.9 Å². The highest BCUT2D eigenvalue weighted by Crippen LogP contribution is 2.24. The van der Waals surface area contributed by atoms with E-state index in [0.717, 1.165) is 12.1 Å². The van der Waals surface area contributed by atoms with Crippen molar-refractivity contribution in [1.29, 1.82) is 0 Å². The number of amides is 1. The van der Waals surface area contributed by atoms with Gasteiger partial charge in [-0.2, -0.15) is 0 Å². The lowest BCUT2D eigenvalue weighted by atomic mass is 9.91. The number of carbonyl (C=O) groups is 1. The molecule has 1 aromatic rings. The lowest BCUT2D eigenvalue weighted by Gasteiger charge is -2.38. The molecule has 0 radical (unpaired) electrons. The summed E-state index contributed by atoms with van der Waals surface area (Å²) in [5.74, 6) is -2.21. The number of carbonyl (C=O) groups excluding carboxylic acids is 1. The quantitative estimate of drug-likeness (QED) is 0.872. The summed E-state index contributed by atoms with van der Waals surface area (Å²) in [6.45, 7) is 4.74. The number of nitrogens with zero attached hydrogens (tertiary/aromatic N) is 1. The van der Waals surface area contributed by atoms with Gasteiger partial charge >= 0.3 is 0 Å². The Morgan fingerprint density at radius 3 is 2.73 bits per heavy atom. The SMILES string of the molecule is CC(C)NCC1(O)CCCN(Cc2ccc(F)c(F)c2)C1=O. The fourth-order valence-corrected chi connectivity index (χ4v) is 2.61. The van der Waals surface area contributed by atoms with Gasteiger partial charge in [0, 0.05) is 25.7 Å². The molecule has 2 rings (SSSR count). The second-order valence-electron chi connectivity index (χ2n) is 6.15. The van der Waals surface area contributed by atoms with Gasteiger partial charge < -0.3 is 15.3 Å². The Hall–Kier alpha value is -1.53.